The minimum Gasteiger partial charge on any atom is -0.496 e. The van der Waals surface area contributed by atoms with Gasteiger partial charge < -0.3 is 9.47 Å². The second kappa shape index (κ2) is 6.94. The molecule has 0 aliphatic heterocycles. The third-order valence-corrected chi connectivity index (χ3v) is 3.68. The van der Waals surface area contributed by atoms with Crippen LogP contribution in [0.25, 0.3) is 6.08 Å². The second-order valence-corrected chi connectivity index (χ2v) is 5.01. The summed E-state index contributed by atoms with van der Waals surface area (Å²) in [4.78, 5) is 12.4. The first-order valence-electron chi connectivity index (χ1n) is 7.14. The molecule has 0 radical (unpaired) electrons. The maximum atomic E-state index is 12.4. The Morgan fingerprint density at radius 2 is 1.91 bits per heavy atom. The zero-order chi connectivity index (χ0) is 16.1. The van der Waals surface area contributed by atoms with Crippen molar-refractivity contribution in [3.63, 3.8) is 0 Å². The molecule has 0 aliphatic carbocycles. The van der Waals surface area contributed by atoms with E-state index < -0.39 is 6.10 Å². The van der Waals surface area contributed by atoms with E-state index in [4.69, 9.17) is 9.47 Å². The van der Waals surface area contributed by atoms with Gasteiger partial charge in [-0.3, -0.25) is 0 Å². The molecule has 0 N–H and O–H groups in total. The summed E-state index contributed by atoms with van der Waals surface area (Å²) in [6.07, 6.45) is 1.34. The molecule has 0 saturated carbocycles. The Bertz CT molecular complexity index is 689. The van der Waals surface area contributed by atoms with Crippen LogP contribution in [-0.2, 0) is 4.74 Å². The van der Waals surface area contributed by atoms with Crippen LogP contribution < -0.4 is 4.74 Å². The van der Waals surface area contributed by atoms with Crippen LogP contribution in [0.1, 0.15) is 40.1 Å². The maximum Gasteiger partial charge on any atom is 0.339 e. The van der Waals surface area contributed by atoms with Gasteiger partial charge in [-0.2, -0.15) is 0 Å². The number of hydrogen-bond donors (Lipinski definition) is 0. The van der Waals surface area contributed by atoms with Crippen molar-refractivity contribution in [2.24, 2.45) is 0 Å². The molecule has 0 amide bonds. The quantitative estimate of drug-likeness (QED) is 0.758. The first-order chi connectivity index (χ1) is 10.6. The minimum atomic E-state index is -0.393. The normalized spacial score (nSPS) is 11.6. The third kappa shape index (κ3) is 3.19. The number of hydrogen-bond acceptors (Lipinski definition) is 3. The van der Waals surface area contributed by atoms with Crippen molar-refractivity contribution in [3.8, 4) is 5.75 Å². The zero-order valence-electron chi connectivity index (χ0n) is 13.1. The number of methoxy groups -OCH3 is 1. The lowest BCUT2D eigenvalue weighted by Gasteiger charge is -2.17. The van der Waals surface area contributed by atoms with Crippen LogP contribution in [0, 0.1) is 6.92 Å². The van der Waals surface area contributed by atoms with Gasteiger partial charge in [0.15, 0.2) is 0 Å². The molecular weight excluding hydrogens is 276 g/mol. The van der Waals surface area contributed by atoms with Gasteiger partial charge in [0.2, 0.25) is 0 Å². The summed E-state index contributed by atoms with van der Waals surface area (Å²) in [6, 6.07) is 13.0. The van der Waals surface area contributed by atoms with E-state index in [1.54, 1.807) is 19.3 Å². The number of benzene rings is 2. The van der Waals surface area contributed by atoms with E-state index >= 15 is 0 Å². The zero-order valence-corrected chi connectivity index (χ0v) is 13.1. The lowest BCUT2D eigenvalue weighted by atomic mass is 10.0. The monoisotopic (exact) mass is 296 g/mol. The minimum absolute atomic E-state index is 0.348. The summed E-state index contributed by atoms with van der Waals surface area (Å²) >= 11 is 0. The number of para-hydroxylation sites is 1. The van der Waals surface area contributed by atoms with Gasteiger partial charge in [-0.15, -0.1) is 0 Å². The molecule has 0 aromatic heterocycles. The Morgan fingerprint density at radius 3 is 2.59 bits per heavy atom. The van der Waals surface area contributed by atoms with E-state index in [0.29, 0.717) is 11.3 Å². The van der Waals surface area contributed by atoms with E-state index in [0.717, 1.165) is 16.7 Å². The van der Waals surface area contributed by atoms with Gasteiger partial charge in [0, 0.05) is 5.56 Å². The van der Waals surface area contributed by atoms with Gasteiger partial charge in [-0.25, -0.2) is 4.79 Å². The number of esters is 1. The van der Waals surface area contributed by atoms with E-state index in [2.05, 4.69) is 6.58 Å². The molecule has 2 aromatic rings. The summed E-state index contributed by atoms with van der Waals surface area (Å²) in [6.45, 7) is 7.48. The van der Waals surface area contributed by atoms with Crippen LogP contribution in [0.3, 0.4) is 0 Å². The first kappa shape index (κ1) is 15.8. The Morgan fingerprint density at radius 1 is 1.18 bits per heavy atom. The molecule has 1 unspecified atom stereocenters. The largest absolute Gasteiger partial charge is 0.496 e. The summed E-state index contributed by atoms with van der Waals surface area (Å²) in [5, 5.41) is 0. The van der Waals surface area contributed by atoms with Crippen LogP contribution in [-0.4, -0.2) is 13.1 Å². The highest BCUT2D eigenvalue weighted by molar-refractivity contribution is 5.92. The van der Waals surface area contributed by atoms with Crippen molar-refractivity contribution in [3.05, 3.63) is 71.3 Å². The fourth-order valence-electron chi connectivity index (χ4n) is 2.39. The summed E-state index contributed by atoms with van der Waals surface area (Å²) in [5.41, 5.74) is 3.20. The highest BCUT2D eigenvalue weighted by atomic mass is 16.5. The standard InChI is InChI=1S/C19H20O3/c1-5-15-9-8-11-16(13(15)2)19(20)22-14(3)17-10-6-7-12-18(17)21-4/h5-12,14H,1H2,2-4H3. The van der Waals surface area contributed by atoms with Crippen LogP contribution in [0.5, 0.6) is 5.75 Å². The first-order valence-corrected chi connectivity index (χ1v) is 7.14. The Kier molecular flexibility index (Phi) is 4.99. The van der Waals surface area contributed by atoms with Crippen molar-refractivity contribution < 1.29 is 14.3 Å². The predicted octanol–water partition coefficient (Wildman–Crippen LogP) is 4.56. The molecule has 2 rings (SSSR count). The molecule has 1 atom stereocenters. The lowest BCUT2D eigenvalue weighted by Crippen LogP contribution is -2.11. The molecule has 22 heavy (non-hydrogen) atoms. The average Bonchev–Trinajstić information content (AvgIpc) is 2.54. The van der Waals surface area contributed by atoms with Gasteiger partial charge >= 0.3 is 5.97 Å². The van der Waals surface area contributed by atoms with Crippen LogP contribution in [0.15, 0.2) is 49.0 Å². The number of carbonyl (C=O) groups excluding carboxylic acids is 1. The fourth-order valence-corrected chi connectivity index (χ4v) is 2.39. The number of rotatable bonds is 5. The molecule has 0 heterocycles. The molecule has 0 spiro atoms. The smallest absolute Gasteiger partial charge is 0.339 e. The van der Waals surface area contributed by atoms with E-state index in [-0.39, 0.29) is 5.97 Å². The van der Waals surface area contributed by atoms with Gasteiger partial charge in [-0.05, 0) is 37.1 Å². The van der Waals surface area contributed by atoms with E-state index in [1.807, 2.05) is 50.2 Å². The fraction of sp³-hybridized carbons (Fsp3) is 0.211. The highest BCUT2D eigenvalue weighted by Gasteiger charge is 2.18. The van der Waals surface area contributed by atoms with Gasteiger partial charge in [0.1, 0.15) is 11.9 Å². The van der Waals surface area contributed by atoms with Crippen molar-refractivity contribution in [1.82, 2.24) is 0 Å². The topological polar surface area (TPSA) is 35.5 Å². The molecule has 0 aliphatic rings. The average molecular weight is 296 g/mol. The summed E-state index contributed by atoms with van der Waals surface area (Å²) in [7, 11) is 1.60. The van der Waals surface area contributed by atoms with Crippen molar-refractivity contribution in [2.45, 2.75) is 20.0 Å². The molecule has 3 nitrogen and oxygen atoms in total. The highest BCUT2D eigenvalue weighted by Crippen LogP contribution is 2.28. The third-order valence-electron chi connectivity index (χ3n) is 3.68. The Balaban J connectivity index is 2.23. The molecule has 2 aromatic carbocycles. The van der Waals surface area contributed by atoms with Crippen molar-refractivity contribution in [2.75, 3.05) is 7.11 Å². The molecule has 3 heteroatoms. The predicted molar refractivity (Wildman–Crippen MR) is 88.1 cm³/mol. The van der Waals surface area contributed by atoms with Crippen molar-refractivity contribution in [1.29, 1.82) is 0 Å². The molecule has 0 saturated heterocycles. The second-order valence-electron chi connectivity index (χ2n) is 5.01. The maximum absolute atomic E-state index is 12.4. The summed E-state index contributed by atoms with van der Waals surface area (Å²) in [5.74, 6) is 0.360. The number of carbonyl (C=O) groups is 1. The van der Waals surface area contributed by atoms with Gasteiger partial charge in [0.25, 0.3) is 0 Å². The number of ether oxygens (including phenoxy) is 2. The molecular formula is C19H20O3. The molecule has 0 bridgehead atoms. The van der Waals surface area contributed by atoms with Crippen LogP contribution in [0.2, 0.25) is 0 Å². The van der Waals surface area contributed by atoms with E-state index in [1.165, 1.54) is 0 Å². The molecule has 114 valence electrons. The Labute approximate surface area is 131 Å². The SMILES string of the molecule is C=Cc1cccc(C(=O)OC(C)c2ccccc2OC)c1C. The Hall–Kier alpha value is -2.55. The van der Waals surface area contributed by atoms with Crippen molar-refractivity contribution >= 4 is 12.0 Å². The lowest BCUT2D eigenvalue weighted by molar-refractivity contribution is 0.0332. The van der Waals surface area contributed by atoms with Gasteiger partial charge in [-0.1, -0.05) is 43.0 Å². The van der Waals surface area contributed by atoms with Gasteiger partial charge in [0.05, 0.1) is 12.7 Å². The summed E-state index contributed by atoms with van der Waals surface area (Å²) < 4.78 is 10.9. The molecule has 0 fully saturated rings. The van der Waals surface area contributed by atoms with E-state index in [9.17, 15) is 4.79 Å². The van der Waals surface area contributed by atoms with Crippen LogP contribution >= 0.6 is 0 Å². The van der Waals surface area contributed by atoms with Crippen LogP contribution in [0.4, 0.5) is 0 Å².